The Kier molecular flexibility index (Phi) is 1.92. The van der Waals surface area contributed by atoms with Gasteiger partial charge in [-0.25, -0.2) is 0 Å². The first-order chi connectivity index (χ1) is 6.36. The average molecular weight is 172 g/mol. The molecule has 0 unspecified atom stereocenters. The van der Waals surface area contributed by atoms with E-state index in [1.165, 1.54) is 0 Å². The molecule has 0 aliphatic carbocycles. The summed E-state index contributed by atoms with van der Waals surface area (Å²) in [4.78, 5) is 17.5. The van der Waals surface area contributed by atoms with Crippen LogP contribution in [0.5, 0.6) is 0 Å². The SMILES string of the molecule is O=c1cc(-c2cccnc2)cc[nH]1. The van der Waals surface area contributed by atoms with Gasteiger partial charge in [-0.3, -0.25) is 9.78 Å². The molecule has 0 saturated heterocycles. The number of rotatable bonds is 1. The van der Waals surface area contributed by atoms with E-state index in [1.807, 2.05) is 18.2 Å². The molecule has 1 N–H and O–H groups in total. The zero-order chi connectivity index (χ0) is 9.10. The van der Waals surface area contributed by atoms with Gasteiger partial charge in [-0.15, -0.1) is 0 Å². The van der Waals surface area contributed by atoms with Crippen LogP contribution >= 0.6 is 0 Å². The number of H-pyrrole nitrogens is 1. The molecule has 0 atom stereocenters. The molecule has 0 amide bonds. The van der Waals surface area contributed by atoms with Crippen LogP contribution in [0, 0.1) is 0 Å². The molecule has 0 aromatic carbocycles. The fourth-order valence-electron chi connectivity index (χ4n) is 1.16. The first-order valence-corrected chi connectivity index (χ1v) is 3.95. The van der Waals surface area contributed by atoms with E-state index in [-0.39, 0.29) is 5.56 Å². The van der Waals surface area contributed by atoms with Crippen LogP contribution in [0.3, 0.4) is 0 Å². The maximum Gasteiger partial charge on any atom is 0.248 e. The molecule has 64 valence electrons. The Labute approximate surface area is 75.1 Å². The third-order valence-corrected chi connectivity index (χ3v) is 1.77. The van der Waals surface area contributed by atoms with Gasteiger partial charge in [0.05, 0.1) is 0 Å². The van der Waals surface area contributed by atoms with Crippen molar-refractivity contribution in [2.75, 3.05) is 0 Å². The molecule has 2 heterocycles. The minimum Gasteiger partial charge on any atom is -0.329 e. The van der Waals surface area contributed by atoms with Crippen molar-refractivity contribution in [3.8, 4) is 11.1 Å². The van der Waals surface area contributed by atoms with E-state index >= 15 is 0 Å². The van der Waals surface area contributed by atoms with E-state index in [2.05, 4.69) is 9.97 Å². The van der Waals surface area contributed by atoms with E-state index in [0.29, 0.717) is 0 Å². The van der Waals surface area contributed by atoms with Crippen LogP contribution < -0.4 is 5.56 Å². The van der Waals surface area contributed by atoms with Crippen molar-refractivity contribution in [3.05, 3.63) is 53.2 Å². The highest BCUT2D eigenvalue weighted by atomic mass is 16.1. The lowest BCUT2D eigenvalue weighted by molar-refractivity contribution is 1.24. The number of hydrogen-bond donors (Lipinski definition) is 1. The first-order valence-electron chi connectivity index (χ1n) is 3.95. The zero-order valence-corrected chi connectivity index (χ0v) is 6.90. The van der Waals surface area contributed by atoms with E-state index < -0.39 is 0 Å². The number of nitrogens with zero attached hydrogens (tertiary/aromatic N) is 1. The van der Waals surface area contributed by atoms with Crippen LogP contribution in [0.15, 0.2) is 47.7 Å². The van der Waals surface area contributed by atoms with Gasteiger partial charge in [0.25, 0.3) is 0 Å². The van der Waals surface area contributed by atoms with Gasteiger partial charge in [-0.1, -0.05) is 6.07 Å². The second-order valence-corrected chi connectivity index (χ2v) is 2.68. The number of hydrogen-bond acceptors (Lipinski definition) is 2. The van der Waals surface area contributed by atoms with Crippen LogP contribution in [-0.2, 0) is 0 Å². The highest BCUT2D eigenvalue weighted by Gasteiger charge is 1.95. The van der Waals surface area contributed by atoms with Crippen molar-refractivity contribution < 1.29 is 0 Å². The van der Waals surface area contributed by atoms with Gasteiger partial charge in [-0.05, 0) is 17.7 Å². The number of nitrogens with one attached hydrogen (secondary N) is 1. The summed E-state index contributed by atoms with van der Waals surface area (Å²) in [5, 5.41) is 0. The maximum atomic E-state index is 11.0. The Hall–Kier alpha value is -1.90. The van der Waals surface area contributed by atoms with E-state index in [1.54, 1.807) is 24.7 Å². The lowest BCUT2D eigenvalue weighted by atomic mass is 10.1. The molecule has 0 spiro atoms. The molecular formula is C10H8N2O. The van der Waals surface area contributed by atoms with E-state index in [4.69, 9.17) is 0 Å². The average Bonchev–Trinajstić information content (AvgIpc) is 2.19. The Morgan fingerprint density at radius 1 is 1.23 bits per heavy atom. The Balaban J connectivity index is 2.54. The van der Waals surface area contributed by atoms with Gasteiger partial charge in [0.15, 0.2) is 0 Å². The van der Waals surface area contributed by atoms with Crippen molar-refractivity contribution in [3.63, 3.8) is 0 Å². The summed E-state index contributed by atoms with van der Waals surface area (Å²) in [6, 6.07) is 7.16. The quantitative estimate of drug-likeness (QED) is 0.707. The summed E-state index contributed by atoms with van der Waals surface area (Å²) < 4.78 is 0. The summed E-state index contributed by atoms with van der Waals surface area (Å²) in [5.41, 5.74) is 1.74. The predicted molar refractivity (Wildman–Crippen MR) is 50.3 cm³/mol. The Bertz CT molecular complexity index is 448. The lowest BCUT2D eigenvalue weighted by Crippen LogP contribution is -2.01. The highest BCUT2D eigenvalue weighted by molar-refractivity contribution is 5.61. The zero-order valence-electron chi connectivity index (χ0n) is 6.90. The second-order valence-electron chi connectivity index (χ2n) is 2.68. The molecule has 2 aromatic rings. The van der Waals surface area contributed by atoms with Gasteiger partial charge in [-0.2, -0.15) is 0 Å². The van der Waals surface area contributed by atoms with Gasteiger partial charge >= 0.3 is 0 Å². The molecule has 2 rings (SSSR count). The molecule has 0 saturated carbocycles. The van der Waals surface area contributed by atoms with Crippen LogP contribution in [0.25, 0.3) is 11.1 Å². The molecule has 2 aromatic heterocycles. The summed E-state index contributed by atoms with van der Waals surface area (Å²) in [5.74, 6) is 0. The summed E-state index contributed by atoms with van der Waals surface area (Å²) in [7, 11) is 0. The minimum absolute atomic E-state index is 0.0960. The van der Waals surface area contributed by atoms with Crippen LogP contribution in [0.2, 0.25) is 0 Å². The Morgan fingerprint density at radius 3 is 2.85 bits per heavy atom. The molecule has 0 radical (unpaired) electrons. The van der Waals surface area contributed by atoms with E-state index in [0.717, 1.165) is 11.1 Å². The first kappa shape index (κ1) is 7.73. The normalized spacial score (nSPS) is 9.85. The maximum absolute atomic E-state index is 11.0. The van der Waals surface area contributed by atoms with Crippen molar-refractivity contribution >= 4 is 0 Å². The van der Waals surface area contributed by atoms with Gasteiger partial charge in [0, 0.05) is 30.2 Å². The lowest BCUT2D eigenvalue weighted by Gasteiger charge is -1.97. The van der Waals surface area contributed by atoms with Gasteiger partial charge in [0.2, 0.25) is 5.56 Å². The monoisotopic (exact) mass is 172 g/mol. The van der Waals surface area contributed by atoms with Crippen LogP contribution in [-0.4, -0.2) is 9.97 Å². The summed E-state index contributed by atoms with van der Waals surface area (Å²) >= 11 is 0. The van der Waals surface area contributed by atoms with Crippen molar-refractivity contribution in [2.24, 2.45) is 0 Å². The largest absolute Gasteiger partial charge is 0.329 e. The molecule has 0 fully saturated rings. The fourth-order valence-corrected chi connectivity index (χ4v) is 1.16. The molecule has 0 aliphatic heterocycles. The summed E-state index contributed by atoms with van der Waals surface area (Å²) in [6.07, 6.45) is 5.07. The van der Waals surface area contributed by atoms with E-state index in [9.17, 15) is 4.79 Å². The third-order valence-electron chi connectivity index (χ3n) is 1.77. The van der Waals surface area contributed by atoms with Crippen LogP contribution in [0.1, 0.15) is 0 Å². The molecule has 3 heteroatoms. The molecule has 0 bridgehead atoms. The van der Waals surface area contributed by atoms with Gasteiger partial charge < -0.3 is 4.98 Å². The van der Waals surface area contributed by atoms with Crippen molar-refractivity contribution in [1.82, 2.24) is 9.97 Å². The predicted octanol–water partition coefficient (Wildman–Crippen LogP) is 1.44. The van der Waals surface area contributed by atoms with Crippen LogP contribution in [0.4, 0.5) is 0 Å². The highest BCUT2D eigenvalue weighted by Crippen LogP contribution is 2.13. The molecular weight excluding hydrogens is 164 g/mol. The smallest absolute Gasteiger partial charge is 0.248 e. The molecule has 3 nitrogen and oxygen atoms in total. The Morgan fingerprint density at radius 2 is 2.15 bits per heavy atom. The number of aromatic nitrogens is 2. The third kappa shape index (κ3) is 1.64. The van der Waals surface area contributed by atoms with Gasteiger partial charge in [0.1, 0.15) is 0 Å². The topological polar surface area (TPSA) is 45.8 Å². The number of aromatic amines is 1. The fraction of sp³-hybridized carbons (Fsp3) is 0. The van der Waals surface area contributed by atoms with Crippen molar-refractivity contribution in [2.45, 2.75) is 0 Å². The minimum atomic E-state index is -0.0960. The second kappa shape index (κ2) is 3.23. The standard InChI is InChI=1S/C10H8N2O/c13-10-6-8(3-5-12-10)9-2-1-4-11-7-9/h1-7H,(H,12,13). The van der Waals surface area contributed by atoms with Crippen molar-refractivity contribution in [1.29, 1.82) is 0 Å². The molecule has 0 aliphatic rings. The molecule has 13 heavy (non-hydrogen) atoms. The summed E-state index contributed by atoms with van der Waals surface area (Å²) in [6.45, 7) is 0. The number of pyridine rings is 2.